The lowest BCUT2D eigenvalue weighted by Gasteiger charge is -2.29. The van der Waals surface area contributed by atoms with E-state index in [9.17, 15) is 14.7 Å². The van der Waals surface area contributed by atoms with Gasteiger partial charge in [-0.15, -0.1) is 0 Å². The molecule has 32 heavy (non-hydrogen) atoms. The fourth-order valence-corrected chi connectivity index (χ4v) is 4.55. The Hall–Kier alpha value is -2.19. The number of rotatable bonds is 6. The van der Waals surface area contributed by atoms with Crippen LogP contribution in [0.15, 0.2) is 58.6 Å². The SMILES string of the molecule is O=C1C(=O)N(CCCN2CCOCC2)[C@@H](c2ccc(Cl)cc2)C1=C(O)c1ccc(Br)cc1. The van der Waals surface area contributed by atoms with Crippen LogP contribution in [0, 0.1) is 0 Å². The molecule has 0 aromatic heterocycles. The van der Waals surface area contributed by atoms with Crippen molar-refractivity contribution < 1.29 is 19.4 Å². The number of nitrogens with zero attached hydrogens (tertiary/aromatic N) is 2. The minimum absolute atomic E-state index is 0.103. The first kappa shape index (κ1) is 23.0. The lowest BCUT2D eigenvalue weighted by atomic mass is 9.95. The molecule has 0 bridgehead atoms. The van der Waals surface area contributed by atoms with Crippen LogP contribution >= 0.6 is 27.5 Å². The van der Waals surface area contributed by atoms with Crippen molar-refractivity contribution in [3.63, 3.8) is 0 Å². The Morgan fingerprint density at radius 2 is 1.69 bits per heavy atom. The molecule has 6 nitrogen and oxygen atoms in total. The zero-order chi connectivity index (χ0) is 22.7. The van der Waals surface area contributed by atoms with Crippen LogP contribution < -0.4 is 0 Å². The number of ether oxygens (including phenoxy) is 1. The van der Waals surface area contributed by atoms with Crippen LogP contribution in [-0.2, 0) is 14.3 Å². The van der Waals surface area contributed by atoms with Crippen LogP contribution in [0.5, 0.6) is 0 Å². The normalized spacial score (nSPS) is 21.3. The minimum atomic E-state index is -0.670. The second-order valence-corrected chi connectivity index (χ2v) is 9.21. The van der Waals surface area contributed by atoms with E-state index in [1.165, 1.54) is 0 Å². The standard InChI is InChI=1S/C24H24BrClN2O4/c25-18-6-2-17(3-7-18)22(29)20-21(16-4-8-19(26)9-5-16)28(24(31)23(20)30)11-1-10-27-12-14-32-15-13-27/h2-9,21,29H,1,10-15H2/t21-/m0/s1. The van der Waals surface area contributed by atoms with E-state index in [0.29, 0.717) is 30.3 Å². The van der Waals surface area contributed by atoms with E-state index in [-0.39, 0.29) is 11.3 Å². The zero-order valence-electron chi connectivity index (χ0n) is 17.5. The quantitative estimate of drug-likeness (QED) is 0.351. The molecule has 2 aliphatic rings. The van der Waals surface area contributed by atoms with Crippen molar-refractivity contribution in [1.29, 1.82) is 0 Å². The summed E-state index contributed by atoms with van der Waals surface area (Å²) in [7, 11) is 0. The van der Waals surface area contributed by atoms with Crippen molar-refractivity contribution in [3.05, 3.63) is 74.7 Å². The number of amides is 1. The van der Waals surface area contributed by atoms with Gasteiger partial charge in [0.15, 0.2) is 0 Å². The molecule has 2 fully saturated rings. The van der Waals surface area contributed by atoms with Crippen LogP contribution in [0.4, 0.5) is 0 Å². The summed E-state index contributed by atoms with van der Waals surface area (Å²) in [4.78, 5) is 29.9. The Kier molecular flexibility index (Phi) is 7.30. The average Bonchev–Trinajstić information content (AvgIpc) is 3.05. The van der Waals surface area contributed by atoms with Gasteiger partial charge in [0.1, 0.15) is 5.76 Å². The highest BCUT2D eigenvalue weighted by atomic mass is 79.9. The first-order valence-electron chi connectivity index (χ1n) is 10.6. The van der Waals surface area contributed by atoms with Crippen molar-refractivity contribution in [3.8, 4) is 0 Å². The van der Waals surface area contributed by atoms with Gasteiger partial charge in [0.25, 0.3) is 11.7 Å². The third-order valence-corrected chi connectivity index (χ3v) is 6.60. The highest BCUT2D eigenvalue weighted by Crippen LogP contribution is 2.39. The second-order valence-electron chi connectivity index (χ2n) is 7.86. The van der Waals surface area contributed by atoms with Crippen molar-refractivity contribution >= 4 is 45.0 Å². The van der Waals surface area contributed by atoms with Gasteiger partial charge in [-0.05, 0) is 36.2 Å². The van der Waals surface area contributed by atoms with Crippen LogP contribution in [0.1, 0.15) is 23.6 Å². The highest BCUT2D eigenvalue weighted by molar-refractivity contribution is 9.10. The number of carbonyl (C=O) groups is 2. The van der Waals surface area contributed by atoms with Gasteiger partial charge in [-0.1, -0.05) is 51.8 Å². The summed E-state index contributed by atoms with van der Waals surface area (Å²) in [6, 6.07) is 13.4. The maximum absolute atomic E-state index is 13.0. The maximum atomic E-state index is 13.0. The topological polar surface area (TPSA) is 70.1 Å². The van der Waals surface area contributed by atoms with Crippen molar-refractivity contribution in [1.82, 2.24) is 9.80 Å². The first-order valence-corrected chi connectivity index (χ1v) is 11.7. The molecule has 0 aliphatic carbocycles. The molecule has 1 amide bonds. The van der Waals surface area contributed by atoms with E-state index in [1.54, 1.807) is 53.4 Å². The monoisotopic (exact) mass is 518 g/mol. The summed E-state index contributed by atoms with van der Waals surface area (Å²) in [5.74, 6) is -1.44. The number of likely N-dealkylation sites (tertiary alicyclic amines) is 1. The van der Waals surface area contributed by atoms with Gasteiger partial charge in [-0.2, -0.15) is 0 Å². The fourth-order valence-electron chi connectivity index (χ4n) is 4.15. The molecule has 2 saturated heterocycles. The van der Waals surface area contributed by atoms with E-state index < -0.39 is 17.7 Å². The molecule has 1 atom stereocenters. The minimum Gasteiger partial charge on any atom is -0.507 e. The second kappa shape index (κ2) is 10.2. The molecule has 2 aliphatic heterocycles. The number of carbonyl (C=O) groups excluding carboxylic acids is 2. The van der Waals surface area contributed by atoms with Gasteiger partial charge >= 0.3 is 0 Å². The predicted molar refractivity (Wildman–Crippen MR) is 126 cm³/mol. The molecule has 2 aromatic rings. The Morgan fingerprint density at radius 3 is 2.34 bits per heavy atom. The number of halogens is 2. The van der Waals surface area contributed by atoms with E-state index in [1.807, 2.05) is 0 Å². The molecular weight excluding hydrogens is 496 g/mol. The lowest BCUT2D eigenvalue weighted by molar-refractivity contribution is -0.140. The third-order valence-electron chi connectivity index (χ3n) is 5.82. The lowest BCUT2D eigenvalue weighted by Crippen LogP contribution is -2.38. The third kappa shape index (κ3) is 4.91. The summed E-state index contributed by atoms with van der Waals surface area (Å²) in [6.45, 7) is 4.37. The van der Waals surface area contributed by atoms with Crippen LogP contribution in [0.2, 0.25) is 5.02 Å². The van der Waals surface area contributed by atoms with Crippen molar-refractivity contribution in [2.45, 2.75) is 12.5 Å². The van der Waals surface area contributed by atoms with Crippen LogP contribution in [0.25, 0.3) is 5.76 Å². The van der Waals surface area contributed by atoms with E-state index in [2.05, 4.69) is 20.8 Å². The average molecular weight is 520 g/mol. The summed E-state index contributed by atoms with van der Waals surface area (Å²) >= 11 is 9.44. The number of ketones is 1. The Labute approximate surface area is 200 Å². The summed E-state index contributed by atoms with van der Waals surface area (Å²) in [5.41, 5.74) is 1.32. The number of aliphatic hydroxyl groups excluding tert-OH is 1. The van der Waals surface area contributed by atoms with Crippen LogP contribution in [-0.4, -0.2) is 66.0 Å². The molecule has 2 heterocycles. The number of hydrogen-bond acceptors (Lipinski definition) is 5. The van der Waals surface area contributed by atoms with Crippen molar-refractivity contribution in [2.24, 2.45) is 0 Å². The Bertz CT molecular complexity index is 1020. The molecule has 4 rings (SSSR count). The number of aliphatic hydroxyl groups is 1. The molecule has 0 radical (unpaired) electrons. The van der Waals surface area contributed by atoms with E-state index in [4.69, 9.17) is 16.3 Å². The predicted octanol–water partition coefficient (Wildman–Crippen LogP) is 4.25. The first-order chi connectivity index (χ1) is 15.5. The molecule has 8 heteroatoms. The molecule has 0 spiro atoms. The summed E-state index contributed by atoms with van der Waals surface area (Å²) in [5, 5.41) is 11.6. The summed E-state index contributed by atoms with van der Waals surface area (Å²) in [6.07, 6.45) is 0.718. The van der Waals surface area contributed by atoms with Crippen LogP contribution in [0.3, 0.4) is 0 Å². The summed E-state index contributed by atoms with van der Waals surface area (Å²) < 4.78 is 6.24. The van der Waals surface area contributed by atoms with Gasteiger partial charge in [-0.25, -0.2) is 0 Å². The smallest absolute Gasteiger partial charge is 0.295 e. The van der Waals surface area contributed by atoms with Crippen molar-refractivity contribution in [2.75, 3.05) is 39.4 Å². The fraction of sp³-hybridized carbons (Fsp3) is 0.333. The van der Waals surface area contributed by atoms with E-state index >= 15 is 0 Å². The molecular formula is C24H24BrClN2O4. The molecule has 2 aromatic carbocycles. The number of hydrogen-bond donors (Lipinski definition) is 1. The number of Topliss-reactive ketones (excluding diaryl/α,β-unsaturated/α-hetero) is 1. The Balaban J connectivity index is 1.66. The number of benzene rings is 2. The maximum Gasteiger partial charge on any atom is 0.295 e. The van der Waals surface area contributed by atoms with Gasteiger partial charge in [0.05, 0.1) is 24.8 Å². The van der Waals surface area contributed by atoms with Gasteiger partial charge in [-0.3, -0.25) is 14.5 Å². The highest BCUT2D eigenvalue weighted by Gasteiger charge is 2.45. The number of morpholine rings is 1. The van der Waals surface area contributed by atoms with Gasteiger partial charge in [0, 0.05) is 41.2 Å². The largest absolute Gasteiger partial charge is 0.507 e. The molecule has 1 N–H and O–H groups in total. The molecule has 168 valence electrons. The Morgan fingerprint density at radius 1 is 1.03 bits per heavy atom. The molecule has 0 saturated carbocycles. The van der Waals surface area contributed by atoms with Gasteiger partial charge in [0.2, 0.25) is 0 Å². The molecule has 0 unspecified atom stereocenters. The zero-order valence-corrected chi connectivity index (χ0v) is 19.8. The van der Waals surface area contributed by atoms with Gasteiger partial charge < -0.3 is 14.7 Å². The van der Waals surface area contributed by atoms with E-state index in [0.717, 1.165) is 36.1 Å².